The zero-order chi connectivity index (χ0) is 10.4. The number of nitrogens with zero attached hydrogens (tertiary/aromatic N) is 1. The van der Waals surface area contributed by atoms with Crippen LogP contribution in [-0.4, -0.2) is 33.1 Å². The monoisotopic (exact) mass is 197 g/mol. The van der Waals surface area contributed by atoms with Crippen molar-refractivity contribution >= 4 is 12.2 Å². The summed E-state index contributed by atoms with van der Waals surface area (Å²) in [5.74, 6) is 1.04. The Kier molecular flexibility index (Phi) is 4.19. The van der Waals surface area contributed by atoms with Crippen molar-refractivity contribution in [3.8, 4) is 0 Å². The number of hydrogen-bond donors (Lipinski definition) is 0. The van der Waals surface area contributed by atoms with Crippen LogP contribution in [0.15, 0.2) is 16.5 Å². The average Bonchev–Trinajstić information content (AvgIpc) is 2.66. The minimum atomic E-state index is 0.350. The minimum Gasteiger partial charge on any atom is -0.438 e. The fraction of sp³-hybridized carbons (Fsp3) is 0.500. The molecule has 0 spiro atoms. The summed E-state index contributed by atoms with van der Waals surface area (Å²) in [4.78, 5) is 12.3. The van der Waals surface area contributed by atoms with E-state index >= 15 is 0 Å². The maximum atomic E-state index is 10.4. The molecule has 1 aromatic rings. The van der Waals surface area contributed by atoms with Crippen molar-refractivity contribution in [2.45, 2.75) is 6.92 Å². The topological polar surface area (TPSA) is 42.7 Å². The quantitative estimate of drug-likeness (QED) is 0.512. The molecule has 1 rings (SSSR count). The maximum Gasteiger partial charge on any atom is 0.196 e. The number of aldehydes is 1. The zero-order valence-electron chi connectivity index (χ0n) is 8.53. The molecule has 0 aliphatic rings. The van der Waals surface area contributed by atoms with Crippen molar-refractivity contribution < 1.29 is 13.9 Å². The van der Waals surface area contributed by atoms with Gasteiger partial charge >= 0.3 is 0 Å². The lowest BCUT2D eigenvalue weighted by molar-refractivity contribution is 0.110. The Morgan fingerprint density at radius 1 is 1.57 bits per heavy atom. The van der Waals surface area contributed by atoms with Gasteiger partial charge in [0.2, 0.25) is 0 Å². The van der Waals surface area contributed by atoms with Crippen LogP contribution in [0, 0.1) is 0 Å². The molecule has 0 atom stereocenters. The normalized spacial score (nSPS) is 10.1. The molecule has 0 aromatic carbocycles. The smallest absolute Gasteiger partial charge is 0.196 e. The van der Waals surface area contributed by atoms with Crippen LogP contribution in [0.5, 0.6) is 0 Å². The van der Waals surface area contributed by atoms with Crippen molar-refractivity contribution in [3.63, 3.8) is 0 Å². The standard InChI is InChI=1S/C10H15NO3/c1-3-13-7-6-11(2)10-5-4-9(8-12)14-10/h4-5,8H,3,6-7H2,1-2H3. The number of rotatable bonds is 6. The predicted molar refractivity (Wildman–Crippen MR) is 53.9 cm³/mol. The molecule has 0 saturated carbocycles. The van der Waals surface area contributed by atoms with Gasteiger partial charge < -0.3 is 14.1 Å². The number of hydrogen-bond acceptors (Lipinski definition) is 4. The number of ether oxygens (including phenoxy) is 1. The molecule has 4 heteroatoms. The molecule has 1 heterocycles. The number of carbonyl (C=O) groups is 1. The summed E-state index contributed by atoms with van der Waals surface area (Å²) in [5, 5.41) is 0. The molecule has 0 fully saturated rings. The molecule has 0 radical (unpaired) electrons. The summed E-state index contributed by atoms with van der Waals surface area (Å²) in [7, 11) is 1.90. The molecular formula is C10H15NO3. The molecule has 0 N–H and O–H groups in total. The van der Waals surface area contributed by atoms with Gasteiger partial charge in [-0.3, -0.25) is 4.79 Å². The Hall–Kier alpha value is -1.29. The summed E-state index contributed by atoms with van der Waals surface area (Å²) >= 11 is 0. The first-order valence-corrected chi connectivity index (χ1v) is 4.61. The van der Waals surface area contributed by atoms with Gasteiger partial charge in [0.15, 0.2) is 17.9 Å². The zero-order valence-corrected chi connectivity index (χ0v) is 8.53. The number of carbonyl (C=O) groups excluding carboxylic acids is 1. The van der Waals surface area contributed by atoms with Gasteiger partial charge in [0.25, 0.3) is 0 Å². The van der Waals surface area contributed by atoms with Gasteiger partial charge in [-0.05, 0) is 13.0 Å². The summed E-state index contributed by atoms with van der Waals surface area (Å²) in [6.07, 6.45) is 0.694. The van der Waals surface area contributed by atoms with E-state index < -0.39 is 0 Å². The summed E-state index contributed by atoms with van der Waals surface area (Å²) < 4.78 is 10.4. The number of likely N-dealkylation sites (N-methyl/N-ethyl adjacent to an activating group) is 1. The Morgan fingerprint density at radius 3 is 2.93 bits per heavy atom. The van der Waals surface area contributed by atoms with Crippen molar-refractivity contribution in [1.82, 2.24) is 0 Å². The first kappa shape index (κ1) is 10.8. The van der Waals surface area contributed by atoms with Crippen LogP contribution >= 0.6 is 0 Å². The van der Waals surface area contributed by atoms with Crippen LogP contribution in [0.1, 0.15) is 17.5 Å². The predicted octanol–water partition coefficient (Wildman–Crippen LogP) is 1.56. The lowest BCUT2D eigenvalue weighted by Crippen LogP contribution is -2.21. The van der Waals surface area contributed by atoms with E-state index in [1.165, 1.54) is 0 Å². The molecule has 0 amide bonds. The summed E-state index contributed by atoms with van der Waals surface area (Å²) in [6, 6.07) is 3.43. The number of anilines is 1. The van der Waals surface area contributed by atoms with Gasteiger partial charge in [-0.1, -0.05) is 0 Å². The molecular weight excluding hydrogens is 182 g/mol. The van der Waals surface area contributed by atoms with E-state index in [0.717, 1.165) is 6.54 Å². The van der Waals surface area contributed by atoms with E-state index in [0.29, 0.717) is 31.1 Å². The fourth-order valence-corrected chi connectivity index (χ4v) is 1.07. The second-order valence-electron chi connectivity index (χ2n) is 2.91. The second kappa shape index (κ2) is 5.44. The van der Waals surface area contributed by atoms with Crippen molar-refractivity contribution in [1.29, 1.82) is 0 Å². The second-order valence-corrected chi connectivity index (χ2v) is 2.91. The van der Waals surface area contributed by atoms with E-state index in [-0.39, 0.29) is 0 Å². The van der Waals surface area contributed by atoms with E-state index in [4.69, 9.17) is 9.15 Å². The summed E-state index contributed by atoms with van der Waals surface area (Å²) in [5.41, 5.74) is 0. The highest BCUT2D eigenvalue weighted by molar-refractivity contribution is 5.71. The van der Waals surface area contributed by atoms with Crippen LogP contribution < -0.4 is 4.90 Å². The van der Waals surface area contributed by atoms with Gasteiger partial charge in [-0.25, -0.2) is 0 Å². The largest absolute Gasteiger partial charge is 0.438 e. The van der Waals surface area contributed by atoms with Crippen LogP contribution in [0.4, 0.5) is 5.88 Å². The van der Waals surface area contributed by atoms with E-state index in [1.807, 2.05) is 18.9 Å². The third kappa shape index (κ3) is 2.88. The molecule has 0 saturated heterocycles. The van der Waals surface area contributed by atoms with Crippen molar-refractivity contribution in [2.75, 3.05) is 31.7 Å². The highest BCUT2D eigenvalue weighted by Crippen LogP contribution is 2.15. The SMILES string of the molecule is CCOCCN(C)c1ccc(C=O)o1. The van der Waals surface area contributed by atoms with Crippen molar-refractivity contribution in [3.05, 3.63) is 17.9 Å². The minimum absolute atomic E-state index is 0.350. The fourth-order valence-electron chi connectivity index (χ4n) is 1.07. The molecule has 78 valence electrons. The van der Waals surface area contributed by atoms with Gasteiger partial charge in [0, 0.05) is 26.3 Å². The molecule has 0 aliphatic carbocycles. The molecule has 14 heavy (non-hydrogen) atoms. The van der Waals surface area contributed by atoms with Gasteiger partial charge in [0.05, 0.1) is 6.61 Å². The van der Waals surface area contributed by atoms with Crippen LogP contribution in [0.2, 0.25) is 0 Å². The van der Waals surface area contributed by atoms with E-state index in [2.05, 4.69) is 0 Å². The Morgan fingerprint density at radius 2 is 2.36 bits per heavy atom. The van der Waals surface area contributed by atoms with Crippen LogP contribution in [-0.2, 0) is 4.74 Å². The average molecular weight is 197 g/mol. The number of furan rings is 1. The molecule has 4 nitrogen and oxygen atoms in total. The van der Waals surface area contributed by atoms with E-state index in [9.17, 15) is 4.79 Å². The van der Waals surface area contributed by atoms with Gasteiger partial charge in [-0.15, -0.1) is 0 Å². The Bertz CT molecular complexity index is 283. The third-order valence-corrected chi connectivity index (χ3v) is 1.88. The first-order chi connectivity index (χ1) is 6.77. The van der Waals surface area contributed by atoms with Gasteiger partial charge in [0.1, 0.15) is 0 Å². The molecule has 0 bridgehead atoms. The van der Waals surface area contributed by atoms with Crippen molar-refractivity contribution in [2.24, 2.45) is 0 Å². The lowest BCUT2D eigenvalue weighted by atomic mass is 10.5. The summed E-state index contributed by atoms with van der Waals surface area (Å²) in [6.45, 7) is 4.08. The molecule has 0 unspecified atom stereocenters. The highest BCUT2D eigenvalue weighted by atomic mass is 16.5. The third-order valence-electron chi connectivity index (χ3n) is 1.88. The lowest BCUT2D eigenvalue weighted by Gasteiger charge is -2.15. The maximum absolute atomic E-state index is 10.4. The molecule has 1 aromatic heterocycles. The van der Waals surface area contributed by atoms with Gasteiger partial charge in [-0.2, -0.15) is 0 Å². The highest BCUT2D eigenvalue weighted by Gasteiger charge is 2.05. The van der Waals surface area contributed by atoms with E-state index in [1.54, 1.807) is 12.1 Å². The molecule has 0 aliphatic heterocycles. The Balaban J connectivity index is 2.43. The Labute approximate surface area is 83.5 Å². The first-order valence-electron chi connectivity index (χ1n) is 4.61. The van der Waals surface area contributed by atoms with Crippen LogP contribution in [0.3, 0.4) is 0 Å². The van der Waals surface area contributed by atoms with Crippen LogP contribution in [0.25, 0.3) is 0 Å².